The van der Waals surface area contributed by atoms with E-state index in [9.17, 15) is 14.4 Å². The van der Waals surface area contributed by atoms with Gasteiger partial charge >= 0.3 is 12.1 Å². The van der Waals surface area contributed by atoms with Crippen molar-refractivity contribution < 1.29 is 33.1 Å². The SMILES string of the molecule is CCCCOC(=O)OC(=O)C(N)CNC(=O)c1cc(OCc2ccc(C(=N)N)cc2)no1. The number of rotatable bonds is 11. The van der Waals surface area contributed by atoms with Crippen molar-refractivity contribution in [3.63, 3.8) is 0 Å². The van der Waals surface area contributed by atoms with E-state index in [1.54, 1.807) is 24.3 Å². The second-order valence-electron chi connectivity index (χ2n) is 6.62. The Labute approximate surface area is 183 Å². The summed E-state index contributed by atoms with van der Waals surface area (Å²) in [5, 5.41) is 13.4. The van der Waals surface area contributed by atoms with Crippen molar-refractivity contribution in [3.05, 3.63) is 47.2 Å². The van der Waals surface area contributed by atoms with Crippen LogP contribution in [-0.2, 0) is 20.9 Å². The van der Waals surface area contributed by atoms with E-state index in [2.05, 4.69) is 15.2 Å². The van der Waals surface area contributed by atoms with E-state index in [1.165, 1.54) is 6.07 Å². The Balaban J connectivity index is 1.76. The third-order valence-corrected chi connectivity index (χ3v) is 4.05. The van der Waals surface area contributed by atoms with Crippen LogP contribution in [0, 0.1) is 5.41 Å². The van der Waals surface area contributed by atoms with Crippen LogP contribution in [0.15, 0.2) is 34.9 Å². The smallest absolute Gasteiger partial charge is 0.471 e. The van der Waals surface area contributed by atoms with E-state index in [1.807, 2.05) is 6.92 Å². The van der Waals surface area contributed by atoms with Gasteiger partial charge in [-0.15, -0.1) is 0 Å². The maximum atomic E-state index is 12.1. The zero-order chi connectivity index (χ0) is 23.5. The molecule has 1 amide bonds. The number of ether oxygens (including phenoxy) is 3. The molecule has 1 aromatic heterocycles. The van der Waals surface area contributed by atoms with Gasteiger partial charge in [0.15, 0.2) is 0 Å². The Hall–Kier alpha value is -3.93. The van der Waals surface area contributed by atoms with Crippen LogP contribution in [0.25, 0.3) is 0 Å². The van der Waals surface area contributed by atoms with Crippen LogP contribution >= 0.6 is 0 Å². The molecule has 12 nitrogen and oxygen atoms in total. The van der Waals surface area contributed by atoms with Crippen molar-refractivity contribution in [2.24, 2.45) is 11.5 Å². The van der Waals surface area contributed by atoms with Crippen molar-refractivity contribution in [2.75, 3.05) is 13.2 Å². The highest BCUT2D eigenvalue weighted by Crippen LogP contribution is 2.14. The second-order valence-corrected chi connectivity index (χ2v) is 6.62. The molecular weight excluding hydrogens is 422 g/mol. The fourth-order valence-corrected chi connectivity index (χ4v) is 2.23. The summed E-state index contributed by atoms with van der Waals surface area (Å²) in [5.41, 5.74) is 12.4. The lowest BCUT2D eigenvalue weighted by molar-refractivity contribution is -0.141. The molecule has 0 fully saturated rings. The van der Waals surface area contributed by atoms with Gasteiger partial charge in [-0.1, -0.05) is 37.6 Å². The molecule has 0 aliphatic rings. The predicted octanol–water partition coefficient (Wildman–Crippen LogP) is 1.07. The Morgan fingerprint density at radius 1 is 1.25 bits per heavy atom. The van der Waals surface area contributed by atoms with Gasteiger partial charge < -0.3 is 35.5 Å². The molecule has 1 aromatic carbocycles. The first-order chi connectivity index (χ1) is 15.3. The van der Waals surface area contributed by atoms with Crippen LogP contribution in [-0.4, -0.2) is 48.2 Å². The number of carbonyl (C=O) groups is 3. The molecule has 2 aromatic rings. The first kappa shape index (κ1) is 24.3. The summed E-state index contributed by atoms with van der Waals surface area (Å²) >= 11 is 0. The number of hydrogen-bond acceptors (Lipinski definition) is 10. The highest BCUT2D eigenvalue weighted by atomic mass is 16.7. The number of hydrogen-bond donors (Lipinski definition) is 4. The van der Waals surface area contributed by atoms with Gasteiger partial charge in [0.25, 0.3) is 11.8 Å². The number of unbranched alkanes of at least 4 members (excludes halogenated alkanes) is 1. The van der Waals surface area contributed by atoms with Crippen LogP contribution < -0.4 is 21.5 Å². The van der Waals surface area contributed by atoms with Crippen LogP contribution in [0.1, 0.15) is 41.4 Å². The lowest BCUT2D eigenvalue weighted by Gasteiger charge is -2.10. The van der Waals surface area contributed by atoms with Crippen molar-refractivity contribution in [1.29, 1.82) is 5.41 Å². The van der Waals surface area contributed by atoms with Gasteiger partial charge in [-0.3, -0.25) is 10.2 Å². The topological polar surface area (TPSA) is 193 Å². The van der Waals surface area contributed by atoms with Gasteiger partial charge in [-0.25, -0.2) is 9.59 Å². The summed E-state index contributed by atoms with van der Waals surface area (Å²) in [6.45, 7) is 1.89. The fourth-order valence-electron chi connectivity index (χ4n) is 2.23. The van der Waals surface area contributed by atoms with Crippen LogP contribution in [0.5, 0.6) is 5.88 Å². The van der Waals surface area contributed by atoms with E-state index >= 15 is 0 Å². The maximum absolute atomic E-state index is 12.1. The lowest BCUT2D eigenvalue weighted by atomic mass is 10.1. The molecule has 32 heavy (non-hydrogen) atoms. The third-order valence-electron chi connectivity index (χ3n) is 4.05. The zero-order valence-electron chi connectivity index (χ0n) is 17.5. The summed E-state index contributed by atoms with van der Waals surface area (Å²) in [4.78, 5) is 35.2. The zero-order valence-corrected chi connectivity index (χ0v) is 17.5. The van der Waals surface area contributed by atoms with Crippen molar-refractivity contribution in [1.82, 2.24) is 10.5 Å². The standard InChI is InChI=1S/C20H25N5O7/c1-2-3-8-29-20(28)31-19(27)14(21)10-24-18(26)15-9-16(25-32-15)30-11-12-4-6-13(7-5-12)17(22)23/h4-7,9,14H,2-3,8,10-11,21H2,1H3,(H3,22,23)(H,24,26). The largest absolute Gasteiger partial charge is 0.516 e. The van der Waals surface area contributed by atoms with E-state index in [0.29, 0.717) is 12.0 Å². The minimum atomic E-state index is -1.28. The molecule has 1 heterocycles. The molecule has 2 rings (SSSR count). The summed E-state index contributed by atoms with van der Waals surface area (Å²) in [7, 11) is 0. The number of nitrogen functional groups attached to an aromatic ring is 1. The molecule has 0 saturated carbocycles. The summed E-state index contributed by atoms with van der Waals surface area (Å²) in [5.74, 6) is -1.85. The first-order valence-corrected chi connectivity index (χ1v) is 9.75. The molecule has 0 spiro atoms. The van der Waals surface area contributed by atoms with Crippen LogP contribution in [0.3, 0.4) is 0 Å². The summed E-state index contributed by atoms with van der Waals surface area (Å²) in [6, 6.07) is 6.83. The number of nitrogens with two attached hydrogens (primary N) is 2. The number of amidine groups is 1. The Kier molecular flexibility index (Phi) is 9.17. The Morgan fingerprint density at radius 2 is 1.97 bits per heavy atom. The molecule has 12 heteroatoms. The molecule has 0 aliphatic heterocycles. The lowest BCUT2D eigenvalue weighted by Crippen LogP contribution is -2.44. The Bertz CT molecular complexity index is 942. The van der Waals surface area contributed by atoms with Gasteiger partial charge in [-0.2, -0.15) is 0 Å². The number of nitrogens with one attached hydrogen (secondary N) is 2. The van der Waals surface area contributed by atoms with E-state index in [0.717, 1.165) is 12.0 Å². The molecule has 0 radical (unpaired) electrons. The monoisotopic (exact) mass is 447 g/mol. The average molecular weight is 447 g/mol. The highest BCUT2D eigenvalue weighted by molar-refractivity contribution is 5.95. The van der Waals surface area contributed by atoms with Gasteiger partial charge in [0.2, 0.25) is 5.76 Å². The van der Waals surface area contributed by atoms with E-state index in [4.69, 9.17) is 30.9 Å². The third kappa shape index (κ3) is 7.72. The number of amides is 1. The minimum absolute atomic E-state index is 0.0375. The van der Waals surface area contributed by atoms with Crippen molar-refractivity contribution in [3.8, 4) is 5.88 Å². The van der Waals surface area contributed by atoms with Crippen LogP contribution in [0.4, 0.5) is 4.79 Å². The quantitative estimate of drug-likeness (QED) is 0.127. The summed E-state index contributed by atoms with van der Waals surface area (Å²) in [6.07, 6.45) is 0.314. The number of nitrogens with zero attached hydrogens (tertiary/aromatic N) is 1. The molecule has 6 N–H and O–H groups in total. The highest BCUT2D eigenvalue weighted by Gasteiger charge is 2.22. The average Bonchev–Trinajstić information content (AvgIpc) is 3.25. The normalized spacial score (nSPS) is 11.3. The minimum Gasteiger partial charge on any atom is -0.471 e. The number of aromatic nitrogens is 1. The van der Waals surface area contributed by atoms with Crippen LogP contribution in [0.2, 0.25) is 0 Å². The summed E-state index contributed by atoms with van der Waals surface area (Å²) < 4.78 is 19.5. The van der Waals surface area contributed by atoms with Gasteiger partial charge in [0, 0.05) is 12.1 Å². The van der Waals surface area contributed by atoms with Gasteiger partial charge in [0.05, 0.1) is 12.7 Å². The van der Waals surface area contributed by atoms with Gasteiger partial charge in [-0.05, 0) is 17.1 Å². The fraction of sp³-hybridized carbons (Fsp3) is 0.350. The first-order valence-electron chi connectivity index (χ1n) is 9.75. The molecule has 1 atom stereocenters. The maximum Gasteiger partial charge on any atom is 0.516 e. The predicted molar refractivity (Wildman–Crippen MR) is 111 cm³/mol. The number of carbonyl (C=O) groups excluding carboxylic acids is 3. The second kappa shape index (κ2) is 12.1. The number of esters is 1. The van der Waals surface area contributed by atoms with E-state index in [-0.39, 0.29) is 37.2 Å². The molecule has 0 bridgehead atoms. The molecule has 1 unspecified atom stereocenters. The Morgan fingerprint density at radius 3 is 2.62 bits per heavy atom. The van der Waals surface area contributed by atoms with Gasteiger partial charge in [0.1, 0.15) is 18.5 Å². The molecule has 0 saturated heterocycles. The van der Waals surface area contributed by atoms with Crippen molar-refractivity contribution in [2.45, 2.75) is 32.4 Å². The number of benzene rings is 1. The molecule has 0 aliphatic carbocycles. The molecular formula is C20H25N5O7. The molecule has 172 valence electrons. The van der Waals surface area contributed by atoms with E-state index < -0.39 is 24.1 Å². The van der Waals surface area contributed by atoms with Crippen molar-refractivity contribution >= 4 is 23.9 Å².